The summed E-state index contributed by atoms with van der Waals surface area (Å²) in [5.74, 6) is -1.37. The minimum Gasteiger partial charge on any atom is -0.481 e. The first kappa shape index (κ1) is 15.3. The van der Waals surface area contributed by atoms with E-state index in [4.69, 9.17) is 5.11 Å². The van der Waals surface area contributed by atoms with Crippen LogP contribution in [0.4, 0.5) is 0 Å². The van der Waals surface area contributed by atoms with Crippen molar-refractivity contribution in [2.24, 2.45) is 5.92 Å². The van der Waals surface area contributed by atoms with Crippen LogP contribution in [0.5, 0.6) is 0 Å². The number of nitrogens with one attached hydrogen (secondary N) is 1. The maximum atomic E-state index is 12.3. The summed E-state index contributed by atoms with van der Waals surface area (Å²) in [5.41, 5.74) is -0.0209. The zero-order chi connectivity index (χ0) is 16.4. The second-order valence-electron chi connectivity index (χ2n) is 5.64. The third-order valence-corrected chi connectivity index (χ3v) is 4.11. The van der Waals surface area contributed by atoms with Crippen LogP contribution in [0.1, 0.15) is 24.1 Å². The highest BCUT2D eigenvalue weighted by molar-refractivity contribution is 5.87. The van der Waals surface area contributed by atoms with Crippen LogP contribution >= 0.6 is 0 Å². The van der Waals surface area contributed by atoms with Crippen LogP contribution in [0.3, 0.4) is 0 Å². The molecule has 2 aromatic heterocycles. The molecule has 0 spiro atoms. The molecule has 0 aliphatic carbocycles. The van der Waals surface area contributed by atoms with E-state index < -0.39 is 5.97 Å². The molecule has 0 radical (unpaired) electrons. The lowest BCUT2D eigenvalue weighted by molar-refractivity contribution is -0.143. The third kappa shape index (κ3) is 3.14. The predicted octanol–water partition coefficient (Wildman–Crippen LogP) is -0.0535. The van der Waals surface area contributed by atoms with E-state index in [1.165, 1.54) is 17.2 Å². The van der Waals surface area contributed by atoms with Gasteiger partial charge in [-0.15, -0.1) is 0 Å². The summed E-state index contributed by atoms with van der Waals surface area (Å²) in [4.78, 5) is 47.2. The molecular formula is C14H17N5O4. The minimum absolute atomic E-state index is 0.129. The Hall–Kier alpha value is -2.55. The maximum absolute atomic E-state index is 12.3. The number of aromatic nitrogens is 4. The molecular weight excluding hydrogens is 302 g/mol. The van der Waals surface area contributed by atoms with Gasteiger partial charge in [0.2, 0.25) is 5.91 Å². The van der Waals surface area contributed by atoms with Crippen LogP contribution in [-0.4, -0.2) is 61.0 Å². The molecule has 1 aliphatic rings. The van der Waals surface area contributed by atoms with Crippen LogP contribution in [0.2, 0.25) is 0 Å². The molecule has 9 heteroatoms. The van der Waals surface area contributed by atoms with E-state index >= 15 is 0 Å². The van der Waals surface area contributed by atoms with Gasteiger partial charge in [-0.05, 0) is 19.4 Å². The number of rotatable bonds is 4. The van der Waals surface area contributed by atoms with Gasteiger partial charge in [-0.25, -0.2) is 9.97 Å². The van der Waals surface area contributed by atoms with E-state index in [0.29, 0.717) is 19.5 Å². The highest BCUT2D eigenvalue weighted by Gasteiger charge is 2.25. The maximum Gasteiger partial charge on any atom is 0.307 e. The van der Waals surface area contributed by atoms with Crippen LogP contribution in [0, 0.1) is 5.92 Å². The first-order valence-electron chi connectivity index (χ1n) is 7.45. The zero-order valence-electron chi connectivity index (χ0n) is 12.4. The quantitative estimate of drug-likeness (QED) is 0.810. The van der Waals surface area contributed by atoms with Gasteiger partial charge >= 0.3 is 5.97 Å². The zero-order valence-corrected chi connectivity index (χ0v) is 12.4. The predicted molar refractivity (Wildman–Crippen MR) is 80.2 cm³/mol. The fourth-order valence-electron chi connectivity index (χ4n) is 2.86. The highest BCUT2D eigenvalue weighted by atomic mass is 16.4. The molecule has 2 N–H and O–H groups in total. The average Bonchev–Trinajstić information content (AvgIpc) is 2.98. The molecule has 2 aromatic rings. The van der Waals surface area contributed by atoms with Gasteiger partial charge in [-0.2, -0.15) is 0 Å². The van der Waals surface area contributed by atoms with Crippen molar-refractivity contribution in [2.75, 3.05) is 19.6 Å². The molecule has 1 atom stereocenters. The van der Waals surface area contributed by atoms with Gasteiger partial charge in [0.15, 0.2) is 11.2 Å². The average molecular weight is 319 g/mol. The normalized spacial score (nSPS) is 19.0. The topological polar surface area (TPSA) is 121 Å². The Morgan fingerprint density at radius 3 is 3.00 bits per heavy atom. The van der Waals surface area contributed by atoms with Gasteiger partial charge in [-0.1, -0.05) is 0 Å². The van der Waals surface area contributed by atoms with E-state index in [1.54, 1.807) is 0 Å². The van der Waals surface area contributed by atoms with Gasteiger partial charge in [0.05, 0.1) is 12.2 Å². The van der Waals surface area contributed by atoms with E-state index in [-0.39, 0.29) is 35.0 Å². The number of carboxylic acids is 1. The minimum atomic E-state index is -0.787. The van der Waals surface area contributed by atoms with Crippen molar-refractivity contribution in [3.63, 3.8) is 0 Å². The van der Waals surface area contributed by atoms with E-state index in [9.17, 15) is 14.4 Å². The number of fused-ring (bicyclic) bond motifs is 1. The van der Waals surface area contributed by atoms with E-state index in [1.807, 2.05) is 4.90 Å². The summed E-state index contributed by atoms with van der Waals surface area (Å²) in [6, 6.07) is 0. The molecule has 1 fully saturated rings. The first-order chi connectivity index (χ1) is 11.1. The van der Waals surface area contributed by atoms with Crippen molar-refractivity contribution in [2.45, 2.75) is 19.3 Å². The Labute approximate surface area is 131 Å². The van der Waals surface area contributed by atoms with Crippen molar-refractivity contribution in [1.29, 1.82) is 0 Å². The smallest absolute Gasteiger partial charge is 0.307 e. The summed E-state index contributed by atoms with van der Waals surface area (Å²) < 4.78 is 1.27. The number of H-pyrrole nitrogens is 1. The Morgan fingerprint density at radius 1 is 1.39 bits per heavy atom. The number of piperidine rings is 1. The SMILES string of the molecule is O=C(O)C1CCCN(CCC(=O)n2cnc3c(=O)[nH]cnc32)C1. The first-order valence-corrected chi connectivity index (χ1v) is 7.45. The molecule has 3 heterocycles. The van der Waals surface area contributed by atoms with E-state index in [0.717, 1.165) is 13.0 Å². The second-order valence-corrected chi connectivity index (χ2v) is 5.64. The van der Waals surface area contributed by atoms with Crippen molar-refractivity contribution in [3.8, 4) is 0 Å². The third-order valence-electron chi connectivity index (χ3n) is 4.11. The lowest BCUT2D eigenvalue weighted by Gasteiger charge is -2.30. The Balaban J connectivity index is 1.66. The number of carbonyl (C=O) groups is 2. The lowest BCUT2D eigenvalue weighted by atomic mass is 9.98. The number of aromatic amines is 1. The summed E-state index contributed by atoms with van der Waals surface area (Å²) in [7, 11) is 0. The number of likely N-dealkylation sites (tertiary alicyclic amines) is 1. The molecule has 1 aliphatic heterocycles. The summed E-state index contributed by atoms with van der Waals surface area (Å²) in [6.07, 6.45) is 4.24. The van der Waals surface area contributed by atoms with Gasteiger partial charge in [0.25, 0.3) is 5.56 Å². The Kier molecular flexibility index (Phi) is 4.20. The number of hydrogen-bond donors (Lipinski definition) is 2. The number of carboxylic acid groups (broad SMARTS) is 1. The van der Waals surface area contributed by atoms with E-state index in [2.05, 4.69) is 15.0 Å². The number of carbonyl (C=O) groups excluding carboxylic acids is 1. The lowest BCUT2D eigenvalue weighted by Crippen LogP contribution is -2.39. The number of aliphatic carboxylic acids is 1. The molecule has 1 unspecified atom stereocenters. The monoisotopic (exact) mass is 319 g/mol. The highest BCUT2D eigenvalue weighted by Crippen LogP contribution is 2.17. The fourth-order valence-corrected chi connectivity index (χ4v) is 2.86. The number of hydrogen-bond acceptors (Lipinski definition) is 6. The summed E-state index contributed by atoms with van der Waals surface area (Å²) in [6.45, 7) is 1.73. The molecule has 23 heavy (non-hydrogen) atoms. The van der Waals surface area contributed by atoms with Crippen molar-refractivity contribution >= 4 is 23.0 Å². The van der Waals surface area contributed by atoms with Crippen LogP contribution in [-0.2, 0) is 4.79 Å². The molecule has 122 valence electrons. The van der Waals surface area contributed by atoms with Gasteiger partial charge in [0.1, 0.15) is 6.33 Å². The van der Waals surface area contributed by atoms with Crippen molar-refractivity contribution in [1.82, 2.24) is 24.4 Å². The second kappa shape index (κ2) is 6.29. The largest absolute Gasteiger partial charge is 0.481 e. The van der Waals surface area contributed by atoms with Crippen molar-refractivity contribution < 1.29 is 14.7 Å². The standard InChI is InChI=1S/C14H17N5O4/c20-10(3-5-18-4-1-2-9(6-18)14(22)23)19-8-17-11-12(19)15-7-16-13(11)21/h7-9H,1-6H2,(H,22,23)(H,15,16,21). The van der Waals surface area contributed by atoms with Gasteiger partial charge < -0.3 is 15.0 Å². The van der Waals surface area contributed by atoms with Crippen LogP contribution in [0.25, 0.3) is 11.2 Å². The molecule has 0 bridgehead atoms. The molecule has 3 rings (SSSR count). The molecule has 0 aromatic carbocycles. The van der Waals surface area contributed by atoms with Crippen LogP contribution in [0.15, 0.2) is 17.4 Å². The van der Waals surface area contributed by atoms with Gasteiger partial charge in [-0.3, -0.25) is 19.0 Å². The Bertz CT molecular complexity index is 796. The van der Waals surface area contributed by atoms with Crippen LogP contribution < -0.4 is 5.56 Å². The summed E-state index contributed by atoms with van der Waals surface area (Å²) >= 11 is 0. The molecule has 9 nitrogen and oxygen atoms in total. The molecule has 0 saturated carbocycles. The van der Waals surface area contributed by atoms with Gasteiger partial charge in [0, 0.05) is 19.5 Å². The van der Waals surface area contributed by atoms with Crippen molar-refractivity contribution in [3.05, 3.63) is 23.0 Å². The number of imidazole rings is 1. The number of nitrogens with zero attached hydrogens (tertiary/aromatic N) is 4. The Morgan fingerprint density at radius 2 is 2.22 bits per heavy atom. The molecule has 0 amide bonds. The molecule has 1 saturated heterocycles. The summed E-state index contributed by atoms with van der Waals surface area (Å²) in [5, 5.41) is 9.08. The fraction of sp³-hybridized carbons (Fsp3) is 0.500.